The highest BCUT2D eigenvalue weighted by Gasteiger charge is 2.20. The number of hydrogen-bond donors (Lipinski definition) is 2. The minimum absolute atomic E-state index is 0.531. The Morgan fingerprint density at radius 1 is 0.862 bits per heavy atom. The third-order valence-corrected chi connectivity index (χ3v) is 5.65. The molecule has 1 aliphatic carbocycles. The summed E-state index contributed by atoms with van der Waals surface area (Å²) in [4.78, 5) is 5.01. The molecule has 144 valence electrons. The number of benzene rings is 3. The lowest BCUT2D eigenvalue weighted by Crippen LogP contribution is -2.09. The van der Waals surface area contributed by atoms with Crippen LogP contribution in [0.5, 0.6) is 0 Å². The van der Waals surface area contributed by atoms with E-state index in [9.17, 15) is 8.42 Å². The van der Waals surface area contributed by atoms with Gasteiger partial charge >= 0.3 is 0 Å². The van der Waals surface area contributed by atoms with E-state index in [0.717, 1.165) is 40.6 Å². The summed E-state index contributed by atoms with van der Waals surface area (Å²) in [6.45, 7) is 0. The molecule has 0 unspecified atom stereocenters. The Morgan fingerprint density at radius 3 is 2.41 bits per heavy atom. The Hall–Kier alpha value is -3.38. The lowest BCUT2D eigenvalue weighted by Gasteiger charge is -2.12. The molecule has 5 rings (SSSR count). The van der Waals surface area contributed by atoms with Crippen molar-refractivity contribution >= 4 is 38.0 Å². The summed E-state index contributed by atoms with van der Waals surface area (Å²) >= 11 is 0. The highest BCUT2D eigenvalue weighted by atomic mass is 32.2. The third-order valence-electron chi connectivity index (χ3n) is 5.05. The molecule has 0 amide bonds. The van der Waals surface area contributed by atoms with E-state index in [-0.39, 0.29) is 0 Å². The Labute approximate surface area is 169 Å². The van der Waals surface area contributed by atoms with Crippen LogP contribution < -0.4 is 10.0 Å². The first-order valence-electron chi connectivity index (χ1n) is 9.32. The Balaban J connectivity index is 1.52. The van der Waals surface area contributed by atoms with Crippen molar-refractivity contribution in [3.05, 3.63) is 83.9 Å². The SMILES string of the molecule is CS(=O)(=O)Nc1ccc(Nc2cccc3cc4c(nc23)-c2ccccc2C4)cc1. The summed E-state index contributed by atoms with van der Waals surface area (Å²) in [5.74, 6) is 0. The van der Waals surface area contributed by atoms with E-state index in [2.05, 4.69) is 46.4 Å². The van der Waals surface area contributed by atoms with Crippen molar-refractivity contribution in [2.45, 2.75) is 6.42 Å². The number of nitrogens with zero attached hydrogens (tertiary/aromatic N) is 1. The first-order valence-corrected chi connectivity index (χ1v) is 11.2. The molecule has 0 saturated carbocycles. The molecule has 5 nitrogen and oxygen atoms in total. The van der Waals surface area contributed by atoms with Crippen molar-refractivity contribution in [1.29, 1.82) is 0 Å². The summed E-state index contributed by atoms with van der Waals surface area (Å²) in [6, 6.07) is 23.9. The van der Waals surface area contributed by atoms with Gasteiger partial charge in [0.1, 0.15) is 0 Å². The van der Waals surface area contributed by atoms with Crippen LogP contribution in [0.2, 0.25) is 0 Å². The molecule has 0 radical (unpaired) electrons. The first-order chi connectivity index (χ1) is 14.0. The number of hydrogen-bond acceptors (Lipinski definition) is 4. The molecule has 1 heterocycles. The molecular formula is C23H19N3O2S. The molecular weight excluding hydrogens is 382 g/mol. The highest BCUT2D eigenvalue weighted by molar-refractivity contribution is 7.92. The monoisotopic (exact) mass is 401 g/mol. The Kier molecular flexibility index (Phi) is 4.03. The van der Waals surface area contributed by atoms with Crippen molar-refractivity contribution in [2.24, 2.45) is 0 Å². The lowest BCUT2D eigenvalue weighted by molar-refractivity contribution is 0.607. The second-order valence-corrected chi connectivity index (χ2v) is 9.03. The van der Waals surface area contributed by atoms with Crippen LogP contribution in [0.3, 0.4) is 0 Å². The van der Waals surface area contributed by atoms with E-state index >= 15 is 0 Å². The number of sulfonamides is 1. The second-order valence-electron chi connectivity index (χ2n) is 7.28. The van der Waals surface area contributed by atoms with E-state index < -0.39 is 10.0 Å². The number of pyridine rings is 1. The molecule has 4 aromatic rings. The van der Waals surface area contributed by atoms with Gasteiger partial charge < -0.3 is 5.32 Å². The number of anilines is 3. The quantitative estimate of drug-likeness (QED) is 0.448. The zero-order valence-electron chi connectivity index (χ0n) is 15.8. The van der Waals surface area contributed by atoms with Crippen molar-refractivity contribution < 1.29 is 8.42 Å². The van der Waals surface area contributed by atoms with E-state index in [1.54, 1.807) is 12.1 Å². The van der Waals surface area contributed by atoms with Crippen molar-refractivity contribution in [1.82, 2.24) is 4.98 Å². The molecule has 0 aliphatic heterocycles. The maximum absolute atomic E-state index is 11.4. The maximum Gasteiger partial charge on any atom is 0.229 e. The van der Waals surface area contributed by atoms with E-state index in [4.69, 9.17) is 4.98 Å². The zero-order chi connectivity index (χ0) is 20.0. The van der Waals surface area contributed by atoms with Crippen LogP contribution in [-0.4, -0.2) is 19.7 Å². The summed E-state index contributed by atoms with van der Waals surface area (Å²) in [7, 11) is -3.29. The highest BCUT2D eigenvalue weighted by Crippen LogP contribution is 2.38. The van der Waals surface area contributed by atoms with Gasteiger partial charge in [0.15, 0.2) is 0 Å². The van der Waals surface area contributed by atoms with Crippen molar-refractivity contribution in [2.75, 3.05) is 16.3 Å². The third kappa shape index (κ3) is 3.43. The molecule has 0 atom stereocenters. The molecule has 1 aliphatic rings. The number of para-hydroxylation sites is 1. The Bertz CT molecular complexity index is 1350. The van der Waals surface area contributed by atoms with Crippen LogP contribution in [0.4, 0.5) is 17.1 Å². The van der Waals surface area contributed by atoms with Gasteiger partial charge in [-0.25, -0.2) is 13.4 Å². The van der Waals surface area contributed by atoms with Crippen LogP contribution in [-0.2, 0) is 16.4 Å². The number of nitrogens with one attached hydrogen (secondary N) is 2. The van der Waals surface area contributed by atoms with Gasteiger partial charge in [-0.1, -0.05) is 36.4 Å². The summed E-state index contributed by atoms with van der Waals surface area (Å²) < 4.78 is 25.2. The van der Waals surface area contributed by atoms with Crippen LogP contribution in [0.1, 0.15) is 11.1 Å². The van der Waals surface area contributed by atoms with Crippen LogP contribution >= 0.6 is 0 Å². The molecule has 6 heteroatoms. The van der Waals surface area contributed by atoms with Crippen molar-refractivity contribution in [3.63, 3.8) is 0 Å². The van der Waals surface area contributed by atoms with Gasteiger partial charge in [-0.2, -0.15) is 0 Å². The van der Waals surface area contributed by atoms with Crippen molar-refractivity contribution in [3.8, 4) is 11.3 Å². The van der Waals surface area contributed by atoms with Crippen LogP contribution in [0.15, 0.2) is 72.8 Å². The first kappa shape index (κ1) is 17.7. The number of fused-ring (bicyclic) bond motifs is 4. The maximum atomic E-state index is 11.4. The van der Waals surface area contributed by atoms with Gasteiger partial charge in [-0.3, -0.25) is 4.72 Å². The summed E-state index contributed by atoms with van der Waals surface area (Å²) in [5, 5.41) is 4.51. The smallest absolute Gasteiger partial charge is 0.229 e. The topological polar surface area (TPSA) is 71.1 Å². The van der Waals surface area contributed by atoms with Gasteiger partial charge in [0.25, 0.3) is 0 Å². The molecule has 0 saturated heterocycles. The minimum atomic E-state index is -3.29. The molecule has 3 aromatic carbocycles. The second kappa shape index (κ2) is 6.60. The fraction of sp³-hybridized carbons (Fsp3) is 0.0870. The summed E-state index contributed by atoms with van der Waals surface area (Å²) in [6.07, 6.45) is 2.05. The van der Waals surface area contributed by atoms with E-state index in [0.29, 0.717) is 5.69 Å². The standard InChI is InChI=1S/C23H19N3O2S/c1-29(27,28)26-19-11-9-18(10-12-19)24-21-8-4-6-16-14-17-13-15-5-2-3-7-20(15)22(17)25-23(16)21/h2-12,14,24,26H,13H2,1H3. The minimum Gasteiger partial charge on any atom is -0.354 e. The molecule has 2 N–H and O–H groups in total. The lowest BCUT2D eigenvalue weighted by atomic mass is 10.1. The van der Waals surface area contributed by atoms with Gasteiger partial charge in [-0.15, -0.1) is 0 Å². The van der Waals surface area contributed by atoms with Gasteiger partial charge in [-0.05, 0) is 47.5 Å². The van der Waals surface area contributed by atoms with Gasteiger partial charge in [0.2, 0.25) is 10.0 Å². The van der Waals surface area contributed by atoms with E-state index in [1.807, 2.05) is 24.3 Å². The predicted molar refractivity (Wildman–Crippen MR) is 118 cm³/mol. The Morgan fingerprint density at radius 2 is 1.62 bits per heavy atom. The van der Waals surface area contributed by atoms with E-state index in [1.165, 1.54) is 16.7 Å². The predicted octanol–water partition coefficient (Wildman–Crippen LogP) is 4.92. The number of rotatable bonds is 4. The largest absolute Gasteiger partial charge is 0.354 e. The fourth-order valence-corrected chi connectivity index (χ4v) is 4.38. The number of aromatic nitrogens is 1. The summed E-state index contributed by atoms with van der Waals surface area (Å²) in [5.41, 5.74) is 8.05. The van der Waals surface area contributed by atoms with Crippen LogP contribution in [0, 0.1) is 0 Å². The normalized spacial score (nSPS) is 12.4. The molecule has 0 bridgehead atoms. The molecule has 29 heavy (non-hydrogen) atoms. The van der Waals surface area contributed by atoms with Gasteiger partial charge in [0, 0.05) is 28.7 Å². The van der Waals surface area contributed by atoms with Crippen LogP contribution in [0.25, 0.3) is 22.2 Å². The average molecular weight is 401 g/mol. The fourth-order valence-electron chi connectivity index (χ4n) is 3.81. The average Bonchev–Trinajstić information content (AvgIpc) is 3.04. The zero-order valence-corrected chi connectivity index (χ0v) is 16.6. The molecule has 0 spiro atoms. The van der Waals surface area contributed by atoms with Gasteiger partial charge in [0.05, 0.1) is 23.2 Å². The molecule has 0 fully saturated rings. The molecule has 1 aromatic heterocycles.